The summed E-state index contributed by atoms with van der Waals surface area (Å²) in [7, 11) is 0. The summed E-state index contributed by atoms with van der Waals surface area (Å²) < 4.78 is 13.6. The molecule has 1 N–H and O–H groups in total. The normalized spacial score (nSPS) is 16.3. The lowest BCUT2D eigenvalue weighted by Gasteiger charge is -2.30. The zero-order chi connectivity index (χ0) is 22.8. The molecule has 1 aliphatic carbocycles. The lowest BCUT2D eigenvalue weighted by Crippen LogP contribution is -2.35. The molecule has 2 heterocycles. The van der Waals surface area contributed by atoms with Crippen LogP contribution in [-0.2, 0) is 11.2 Å². The number of carbonyl (C=O) groups excluding carboxylic acids is 2. The van der Waals surface area contributed by atoms with E-state index < -0.39 is 5.82 Å². The summed E-state index contributed by atoms with van der Waals surface area (Å²) in [5.41, 5.74) is 4.06. The summed E-state index contributed by atoms with van der Waals surface area (Å²) in [6, 6.07) is 11.8. The number of amides is 2. The molecule has 0 atom stereocenters. The van der Waals surface area contributed by atoms with Crippen LogP contribution >= 0.6 is 11.3 Å². The van der Waals surface area contributed by atoms with Crippen molar-refractivity contribution < 1.29 is 14.0 Å². The number of halogens is 1. The van der Waals surface area contributed by atoms with E-state index in [2.05, 4.69) is 16.4 Å². The van der Waals surface area contributed by atoms with Gasteiger partial charge in [0.15, 0.2) is 5.13 Å². The maximum atomic E-state index is 13.6. The monoisotopic (exact) mass is 463 g/mol. The largest absolute Gasteiger partial charge is 0.308 e. The number of hydrogen-bond donors (Lipinski definition) is 1. The maximum absolute atomic E-state index is 13.6. The van der Waals surface area contributed by atoms with Crippen LogP contribution in [0.15, 0.2) is 47.8 Å². The molecule has 33 heavy (non-hydrogen) atoms. The Bertz CT molecular complexity index is 1190. The highest BCUT2D eigenvalue weighted by atomic mass is 32.1. The van der Waals surface area contributed by atoms with Crippen molar-refractivity contribution in [2.75, 3.05) is 16.8 Å². The summed E-state index contributed by atoms with van der Waals surface area (Å²) in [6.07, 6.45) is 7.08. The minimum absolute atomic E-state index is 0.0764. The molecular formula is C26H26FN3O2S. The van der Waals surface area contributed by atoms with Crippen molar-refractivity contribution in [3.05, 3.63) is 64.8 Å². The number of anilines is 2. The van der Waals surface area contributed by atoms with Gasteiger partial charge in [-0.15, -0.1) is 11.3 Å². The van der Waals surface area contributed by atoms with Crippen molar-refractivity contribution in [1.82, 2.24) is 4.98 Å². The van der Waals surface area contributed by atoms with Crippen LogP contribution in [0.3, 0.4) is 0 Å². The number of nitrogens with zero attached hydrogens (tertiary/aromatic N) is 2. The van der Waals surface area contributed by atoms with Gasteiger partial charge in [-0.25, -0.2) is 9.37 Å². The quantitative estimate of drug-likeness (QED) is 0.511. The summed E-state index contributed by atoms with van der Waals surface area (Å²) in [5, 5.41) is 5.57. The highest BCUT2D eigenvalue weighted by Crippen LogP contribution is 2.34. The number of hydrogen-bond acceptors (Lipinski definition) is 4. The van der Waals surface area contributed by atoms with Gasteiger partial charge in [-0.05, 0) is 61.6 Å². The molecular weight excluding hydrogens is 437 g/mol. The molecule has 0 radical (unpaired) electrons. The Balaban J connectivity index is 1.33. The Hall–Kier alpha value is -3.06. The molecule has 2 amide bonds. The van der Waals surface area contributed by atoms with E-state index in [4.69, 9.17) is 0 Å². The summed E-state index contributed by atoms with van der Waals surface area (Å²) in [4.78, 5) is 31.9. The Labute approximate surface area is 196 Å². The number of aryl methyl sites for hydroxylation is 1. The van der Waals surface area contributed by atoms with Gasteiger partial charge in [0.1, 0.15) is 5.82 Å². The van der Waals surface area contributed by atoms with Crippen molar-refractivity contribution in [3.63, 3.8) is 0 Å². The van der Waals surface area contributed by atoms with Crippen molar-refractivity contribution in [2.45, 2.75) is 44.9 Å². The number of thiazole rings is 1. The third-order valence-electron chi connectivity index (χ3n) is 6.52. The smallest absolute Gasteiger partial charge is 0.258 e. The van der Waals surface area contributed by atoms with Gasteiger partial charge in [-0.1, -0.05) is 31.4 Å². The molecule has 3 aromatic rings. The zero-order valence-electron chi connectivity index (χ0n) is 18.4. The molecule has 0 saturated heterocycles. The molecule has 1 saturated carbocycles. The van der Waals surface area contributed by atoms with Crippen LogP contribution in [-0.4, -0.2) is 23.3 Å². The van der Waals surface area contributed by atoms with Crippen LogP contribution in [0.2, 0.25) is 0 Å². The molecule has 0 bridgehead atoms. The van der Waals surface area contributed by atoms with E-state index in [0.717, 1.165) is 61.0 Å². The average Bonchev–Trinajstić information content (AvgIpc) is 3.32. The van der Waals surface area contributed by atoms with Crippen molar-refractivity contribution in [2.24, 2.45) is 5.92 Å². The van der Waals surface area contributed by atoms with E-state index in [0.29, 0.717) is 17.2 Å². The number of carbonyl (C=O) groups is 2. The Kier molecular flexibility index (Phi) is 6.22. The molecule has 2 aromatic carbocycles. The number of fused-ring (bicyclic) bond motifs is 1. The van der Waals surface area contributed by atoms with Gasteiger partial charge >= 0.3 is 0 Å². The third kappa shape index (κ3) is 4.69. The second kappa shape index (κ2) is 9.43. The SMILES string of the molecule is O=C(Nc1nc(-c2ccc3c(c2)CCCN3C(=O)c2cccc(F)c2)cs1)C1CCCCC1. The van der Waals surface area contributed by atoms with Gasteiger partial charge in [0.25, 0.3) is 5.91 Å². The van der Waals surface area contributed by atoms with Gasteiger partial charge in [-0.2, -0.15) is 0 Å². The van der Waals surface area contributed by atoms with Crippen LogP contribution in [0, 0.1) is 11.7 Å². The molecule has 5 rings (SSSR count). The first-order valence-corrected chi connectivity index (χ1v) is 12.4. The fraction of sp³-hybridized carbons (Fsp3) is 0.346. The predicted octanol–water partition coefficient (Wildman–Crippen LogP) is 6.06. The second-order valence-corrected chi connectivity index (χ2v) is 9.63. The standard InChI is InChI=1S/C26H26FN3O2S/c27-21-10-4-8-20(15-21)25(32)30-13-5-9-19-14-18(11-12-23(19)30)22-16-33-26(28-22)29-24(31)17-6-2-1-3-7-17/h4,8,10-12,14-17H,1-3,5-7,9,13H2,(H,28,29,31). The topological polar surface area (TPSA) is 62.3 Å². The molecule has 0 unspecified atom stereocenters. The van der Waals surface area contributed by atoms with Crippen LogP contribution in [0.1, 0.15) is 54.4 Å². The second-order valence-electron chi connectivity index (χ2n) is 8.78. The van der Waals surface area contributed by atoms with Gasteiger partial charge in [0.05, 0.1) is 5.69 Å². The molecule has 1 aromatic heterocycles. The van der Waals surface area contributed by atoms with Crippen molar-refractivity contribution in [1.29, 1.82) is 0 Å². The first-order chi connectivity index (χ1) is 16.1. The van der Waals surface area contributed by atoms with E-state index in [1.165, 1.54) is 29.9 Å². The summed E-state index contributed by atoms with van der Waals surface area (Å²) >= 11 is 1.44. The van der Waals surface area contributed by atoms with Gasteiger partial charge in [0, 0.05) is 34.7 Å². The van der Waals surface area contributed by atoms with Crippen LogP contribution in [0.25, 0.3) is 11.3 Å². The predicted molar refractivity (Wildman–Crippen MR) is 129 cm³/mol. The summed E-state index contributed by atoms with van der Waals surface area (Å²) in [5.74, 6) is -0.433. The fourth-order valence-corrected chi connectivity index (χ4v) is 5.50. The van der Waals surface area contributed by atoms with Crippen molar-refractivity contribution in [3.8, 4) is 11.3 Å². The van der Waals surface area contributed by atoms with Crippen LogP contribution in [0.4, 0.5) is 15.2 Å². The van der Waals surface area contributed by atoms with E-state index in [9.17, 15) is 14.0 Å². The highest BCUT2D eigenvalue weighted by Gasteiger charge is 2.25. The minimum Gasteiger partial charge on any atom is -0.308 e. The van der Waals surface area contributed by atoms with Gasteiger partial charge in [-0.3, -0.25) is 9.59 Å². The van der Waals surface area contributed by atoms with Crippen molar-refractivity contribution >= 4 is 34.0 Å². The molecule has 1 fully saturated rings. The lowest BCUT2D eigenvalue weighted by molar-refractivity contribution is -0.120. The highest BCUT2D eigenvalue weighted by molar-refractivity contribution is 7.14. The fourth-order valence-electron chi connectivity index (χ4n) is 4.78. The Morgan fingerprint density at radius 2 is 1.91 bits per heavy atom. The average molecular weight is 464 g/mol. The number of nitrogens with one attached hydrogen (secondary N) is 1. The molecule has 2 aliphatic rings. The van der Waals surface area contributed by atoms with Gasteiger partial charge in [0.2, 0.25) is 5.91 Å². The van der Waals surface area contributed by atoms with Crippen LogP contribution < -0.4 is 10.2 Å². The molecule has 5 nitrogen and oxygen atoms in total. The number of aromatic nitrogens is 1. The minimum atomic E-state index is -0.414. The Morgan fingerprint density at radius 3 is 2.73 bits per heavy atom. The molecule has 1 aliphatic heterocycles. The zero-order valence-corrected chi connectivity index (χ0v) is 19.2. The number of benzene rings is 2. The number of rotatable bonds is 4. The van der Waals surface area contributed by atoms with E-state index in [1.54, 1.807) is 17.0 Å². The Morgan fingerprint density at radius 1 is 1.06 bits per heavy atom. The van der Waals surface area contributed by atoms with Gasteiger partial charge < -0.3 is 10.2 Å². The molecule has 170 valence electrons. The van der Waals surface area contributed by atoms with E-state index in [1.807, 2.05) is 17.5 Å². The summed E-state index contributed by atoms with van der Waals surface area (Å²) in [6.45, 7) is 0.607. The molecule has 7 heteroatoms. The van der Waals surface area contributed by atoms with Crippen LogP contribution in [0.5, 0.6) is 0 Å². The van der Waals surface area contributed by atoms with E-state index >= 15 is 0 Å². The maximum Gasteiger partial charge on any atom is 0.258 e. The third-order valence-corrected chi connectivity index (χ3v) is 7.28. The molecule has 0 spiro atoms. The first-order valence-electron chi connectivity index (χ1n) is 11.6. The lowest BCUT2D eigenvalue weighted by atomic mass is 9.89. The van der Waals surface area contributed by atoms with E-state index in [-0.39, 0.29) is 17.7 Å². The first kappa shape index (κ1) is 21.8.